The summed E-state index contributed by atoms with van der Waals surface area (Å²) in [6.07, 6.45) is 3.49. The number of benzene rings is 1. The molecular weight excluding hydrogens is 438 g/mol. The lowest BCUT2D eigenvalue weighted by Crippen LogP contribution is -2.48. The third kappa shape index (κ3) is 7.96. The Morgan fingerprint density at radius 3 is 2.41 bits per heavy atom. The zero-order chi connectivity index (χ0) is 24.6. The van der Waals surface area contributed by atoms with Crippen molar-refractivity contribution < 1.29 is 33.3 Å². The maximum atomic E-state index is 12.8. The number of likely N-dealkylation sites (tertiary alicyclic amines) is 1. The second-order valence-electron chi connectivity index (χ2n) is 10.0. The van der Waals surface area contributed by atoms with Gasteiger partial charge in [-0.05, 0) is 64.9 Å². The van der Waals surface area contributed by atoms with Crippen LogP contribution in [0, 0.1) is 5.92 Å². The molecule has 1 heterocycles. The quantitative estimate of drug-likeness (QED) is 0.291. The summed E-state index contributed by atoms with van der Waals surface area (Å²) >= 11 is 0. The maximum absolute atomic E-state index is 12.8. The van der Waals surface area contributed by atoms with Crippen LogP contribution in [-0.4, -0.2) is 61.4 Å². The molecule has 34 heavy (non-hydrogen) atoms. The Morgan fingerprint density at radius 2 is 1.76 bits per heavy atom. The zero-order valence-electron chi connectivity index (χ0n) is 20.9. The molecule has 1 aliphatic carbocycles. The van der Waals surface area contributed by atoms with Crippen molar-refractivity contribution in [3.8, 4) is 0 Å². The van der Waals surface area contributed by atoms with Gasteiger partial charge in [-0.15, -0.1) is 0 Å². The van der Waals surface area contributed by atoms with Gasteiger partial charge in [0.15, 0.2) is 6.29 Å². The Morgan fingerprint density at radius 1 is 1.06 bits per heavy atom. The molecule has 0 aromatic heterocycles. The van der Waals surface area contributed by atoms with E-state index >= 15 is 0 Å². The lowest BCUT2D eigenvalue weighted by molar-refractivity contribution is -0.239. The molecular formula is C26H39NO7. The molecule has 8 heteroatoms. The van der Waals surface area contributed by atoms with Gasteiger partial charge in [-0.3, -0.25) is 4.79 Å². The Labute approximate surface area is 202 Å². The first kappa shape index (κ1) is 26.4. The number of hydrogen-bond acceptors (Lipinski definition) is 7. The monoisotopic (exact) mass is 477 g/mol. The Kier molecular flexibility index (Phi) is 9.74. The van der Waals surface area contributed by atoms with E-state index in [1.807, 2.05) is 51.1 Å². The standard InChI is InChI=1S/C26H39NO7/c1-26(2,3)34-25(29)27-16-8-11-22(27)24(32-18-31-17-19-9-6-5-7-10-19)33-21-14-12-20(13-15-21)23(28)30-4/h5-7,9-10,20-22,24H,8,11-18H2,1-4H3/t20-,21-,22-,24?/m0/s1. The van der Waals surface area contributed by atoms with E-state index in [2.05, 4.69) is 0 Å². The third-order valence-corrected chi connectivity index (χ3v) is 6.20. The number of hydrogen-bond donors (Lipinski definition) is 0. The highest BCUT2D eigenvalue weighted by Crippen LogP contribution is 2.31. The topological polar surface area (TPSA) is 83.5 Å². The predicted octanol–water partition coefficient (Wildman–Crippen LogP) is 4.65. The normalized spacial score (nSPS) is 24.0. The van der Waals surface area contributed by atoms with Crippen molar-refractivity contribution in [2.45, 2.75) is 89.9 Å². The van der Waals surface area contributed by atoms with Crippen LogP contribution in [0.4, 0.5) is 4.79 Å². The largest absolute Gasteiger partial charge is 0.469 e. The van der Waals surface area contributed by atoms with E-state index in [1.54, 1.807) is 4.90 Å². The van der Waals surface area contributed by atoms with Crippen LogP contribution in [0.1, 0.15) is 64.9 Å². The summed E-state index contributed by atoms with van der Waals surface area (Å²) in [7, 11) is 1.43. The highest BCUT2D eigenvalue weighted by atomic mass is 16.8. The minimum Gasteiger partial charge on any atom is -0.469 e. The van der Waals surface area contributed by atoms with E-state index in [0.29, 0.717) is 13.2 Å². The molecule has 1 aromatic rings. The van der Waals surface area contributed by atoms with Gasteiger partial charge in [0.25, 0.3) is 0 Å². The third-order valence-electron chi connectivity index (χ3n) is 6.20. The number of carbonyl (C=O) groups excluding carboxylic acids is 2. The van der Waals surface area contributed by atoms with E-state index in [9.17, 15) is 9.59 Å². The fourth-order valence-corrected chi connectivity index (χ4v) is 4.50. The van der Waals surface area contributed by atoms with E-state index in [4.69, 9.17) is 23.7 Å². The molecule has 1 saturated heterocycles. The fourth-order valence-electron chi connectivity index (χ4n) is 4.50. The SMILES string of the molecule is COC(=O)[C@H]1CC[C@H](OC(OCOCc2ccccc2)[C@@H]2CCCN2C(=O)OC(C)(C)C)CC1. The van der Waals surface area contributed by atoms with Crippen molar-refractivity contribution in [1.82, 2.24) is 4.90 Å². The van der Waals surface area contributed by atoms with Crippen molar-refractivity contribution in [3.63, 3.8) is 0 Å². The lowest BCUT2D eigenvalue weighted by atomic mass is 9.87. The predicted molar refractivity (Wildman–Crippen MR) is 126 cm³/mol. The molecule has 190 valence electrons. The van der Waals surface area contributed by atoms with Crippen LogP contribution in [0.5, 0.6) is 0 Å². The number of nitrogens with zero attached hydrogens (tertiary/aromatic N) is 1. The molecule has 1 aliphatic heterocycles. The van der Waals surface area contributed by atoms with Crippen molar-refractivity contribution >= 4 is 12.1 Å². The summed E-state index contributed by atoms with van der Waals surface area (Å²) in [5.74, 6) is -0.240. The van der Waals surface area contributed by atoms with E-state index in [0.717, 1.165) is 44.1 Å². The number of carbonyl (C=O) groups is 2. The second-order valence-corrected chi connectivity index (χ2v) is 10.0. The smallest absolute Gasteiger partial charge is 0.410 e. The summed E-state index contributed by atoms with van der Waals surface area (Å²) in [6.45, 7) is 6.66. The molecule has 3 rings (SSSR count). The average Bonchev–Trinajstić information content (AvgIpc) is 3.31. The van der Waals surface area contributed by atoms with Gasteiger partial charge < -0.3 is 28.6 Å². The van der Waals surface area contributed by atoms with Crippen molar-refractivity contribution in [2.75, 3.05) is 20.4 Å². The van der Waals surface area contributed by atoms with Gasteiger partial charge in [0.05, 0.1) is 31.8 Å². The molecule has 0 radical (unpaired) electrons. The summed E-state index contributed by atoms with van der Waals surface area (Å²) in [5, 5.41) is 0. The molecule has 1 aromatic carbocycles. The van der Waals surface area contributed by atoms with E-state index < -0.39 is 11.9 Å². The summed E-state index contributed by atoms with van der Waals surface area (Å²) in [4.78, 5) is 26.4. The van der Waals surface area contributed by atoms with Crippen LogP contribution < -0.4 is 0 Å². The molecule has 1 unspecified atom stereocenters. The van der Waals surface area contributed by atoms with Gasteiger partial charge in [-0.2, -0.15) is 0 Å². The first-order valence-corrected chi connectivity index (χ1v) is 12.2. The molecule has 2 atom stereocenters. The molecule has 0 N–H and O–H groups in total. The minimum atomic E-state index is -0.634. The molecule has 0 spiro atoms. The number of ether oxygens (including phenoxy) is 5. The fraction of sp³-hybridized carbons (Fsp3) is 0.692. The van der Waals surface area contributed by atoms with Gasteiger partial charge in [0.2, 0.25) is 0 Å². The number of methoxy groups -OCH3 is 1. The molecule has 2 fully saturated rings. The van der Waals surface area contributed by atoms with Crippen LogP contribution in [0.3, 0.4) is 0 Å². The van der Waals surface area contributed by atoms with Crippen molar-refractivity contribution in [3.05, 3.63) is 35.9 Å². The first-order chi connectivity index (χ1) is 16.3. The Balaban J connectivity index is 1.61. The Hall–Kier alpha value is -2.16. The molecule has 2 aliphatic rings. The van der Waals surface area contributed by atoms with Crippen molar-refractivity contribution in [1.29, 1.82) is 0 Å². The van der Waals surface area contributed by atoms with Crippen LogP contribution >= 0.6 is 0 Å². The molecule has 8 nitrogen and oxygen atoms in total. The van der Waals surface area contributed by atoms with Crippen LogP contribution in [0.25, 0.3) is 0 Å². The number of esters is 1. The molecule has 1 amide bonds. The highest BCUT2D eigenvalue weighted by Gasteiger charge is 2.40. The summed E-state index contributed by atoms with van der Waals surface area (Å²) < 4.78 is 28.7. The van der Waals surface area contributed by atoms with E-state index in [1.165, 1.54) is 7.11 Å². The van der Waals surface area contributed by atoms with Gasteiger partial charge >= 0.3 is 12.1 Å². The summed E-state index contributed by atoms with van der Waals surface area (Å²) in [6, 6.07) is 9.63. The average molecular weight is 478 g/mol. The van der Waals surface area contributed by atoms with Gasteiger partial charge in [-0.1, -0.05) is 30.3 Å². The zero-order valence-corrected chi connectivity index (χ0v) is 20.9. The highest BCUT2D eigenvalue weighted by molar-refractivity contribution is 5.72. The number of amides is 1. The minimum absolute atomic E-state index is 0.0513. The van der Waals surface area contributed by atoms with E-state index in [-0.39, 0.29) is 36.9 Å². The van der Waals surface area contributed by atoms with Gasteiger partial charge in [0, 0.05) is 6.54 Å². The van der Waals surface area contributed by atoms with Crippen molar-refractivity contribution in [2.24, 2.45) is 5.92 Å². The van der Waals surface area contributed by atoms with Gasteiger partial charge in [0.1, 0.15) is 12.4 Å². The van der Waals surface area contributed by atoms with Crippen LogP contribution in [0.2, 0.25) is 0 Å². The van der Waals surface area contributed by atoms with Crippen LogP contribution in [-0.2, 0) is 35.1 Å². The first-order valence-electron chi connectivity index (χ1n) is 12.2. The lowest BCUT2D eigenvalue weighted by Gasteiger charge is -2.36. The molecule has 1 saturated carbocycles. The number of rotatable bonds is 9. The van der Waals surface area contributed by atoms with Crippen LogP contribution in [0.15, 0.2) is 30.3 Å². The summed E-state index contributed by atoms with van der Waals surface area (Å²) in [5.41, 5.74) is 0.480. The second kappa shape index (κ2) is 12.5. The maximum Gasteiger partial charge on any atom is 0.410 e. The molecule has 0 bridgehead atoms. The van der Waals surface area contributed by atoms with Gasteiger partial charge in [-0.25, -0.2) is 4.79 Å². The Bertz CT molecular complexity index is 771.